The zero-order valence-electron chi connectivity index (χ0n) is 7.71. The summed E-state index contributed by atoms with van der Waals surface area (Å²) in [5, 5.41) is 2.69. The molecule has 0 saturated carbocycles. The number of aldehydes is 1. The third kappa shape index (κ3) is 2.54. The summed E-state index contributed by atoms with van der Waals surface area (Å²) in [5.41, 5.74) is 2.03. The van der Waals surface area contributed by atoms with Gasteiger partial charge in [-0.3, -0.25) is 9.59 Å². The molecule has 0 spiro atoms. The Labute approximate surface area is 96.0 Å². The Morgan fingerprint density at radius 2 is 2.29 bits per heavy atom. The van der Waals surface area contributed by atoms with Crippen molar-refractivity contribution in [3.63, 3.8) is 0 Å². The van der Waals surface area contributed by atoms with Gasteiger partial charge in [-0.15, -0.1) is 0 Å². The normalized spacial score (nSPS) is 9.57. The minimum atomic E-state index is -0.111. The van der Waals surface area contributed by atoms with Gasteiger partial charge in [0.25, 0.3) is 5.91 Å². The first-order chi connectivity index (χ1) is 6.69. The topological polar surface area (TPSA) is 46.2 Å². The van der Waals surface area contributed by atoms with Gasteiger partial charge >= 0.3 is 0 Å². The number of carbonyl (C=O) groups is 2. The maximum atomic E-state index is 11.4. The minimum Gasteiger partial charge on any atom is -0.343 e. The molecule has 1 aromatic rings. The van der Waals surface area contributed by atoms with Crippen LogP contribution in [0.15, 0.2) is 18.2 Å². The third-order valence-electron chi connectivity index (χ3n) is 1.89. The lowest BCUT2D eigenvalue weighted by Gasteiger charge is -2.03. The van der Waals surface area contributed by atoms with Gasteiger partial charge in [0.05, 0.1) is 4.55 Å². The van der Waals surface area contributed by atoms with E-state index in [1.54, 1.807) is 18.2 Å². The van der Waals surface area contributed by atoms with Crippen LogP contribution in [0.2, 0.25) is 0 Å². The van der Waals surface area contributed by atoms with Crippen molar-refractivity contribution in [2.24, 2.45) is 0 Å². The fourth-order valence-corrected chi connectivity index (χ4v) is 1.46. The summed E-state index contributed by atoms with van der Waals surface area (Å²) in [5.74, 6) is -0.111. The predicted octanol–water partition coefficient (Wildman–Crippen LogP) is 1.93. The first-order valence-corrected chi connectivity index (χ1v) is 5.61. The van der Waals surface area contributed by atoms with Gasteiger partial charge in [-0.25, -0.2) is 0 Å². The van der Waals surface area contributed by atoms with Gasteiger partial charge in [0.1, 0.15) is 6.29 Å². The van der Waals surface area contributed by atoms with Crippen LogP contribution in [0, 0.1) is 6.92 Å². The quantitative estimate of drug-likeness (QED) is 0.401. The highest BCUT2D eigenvalue weighted by atomic mass is 127. The Kier molecular flexibility index (Phi) is 4.06. The smallest absolute Gasteiger partial charge is 0.251 e. The zero-order chi connectivity index (χ0) is 10.6. The lowest BCUT2D eigenvalue weighted by Crippen LogP contribution is -2.21. The molecule has 0 bridgehead atoms. The van der Waals surface area contributed by atoms with Gasteiger partial charge in [0, 0.05) is 11.1 Å². The number of hydrogen-bond donors (Lipinski definition) is 1. The molecule has 1 rings (SSSR count). The van der Waals surface area contributed by atoms with Crippen molar-refractivity contribution in [3.8, 4) is 0 Å². The van der Waals surface area contributed by atoms with Gasteiger partial charge in [-0.2, -0.15) is 0 Å². The van der Waals surface area contributed by atoms with E-state index in [2.05, 4.69) is 27.9 Å². The van der Waals surface area contributed by atoms with Crippen LogP contribution in [0.25, 0.3) is 0 Å². The van der Waals surface area contributed by atoms with E-state index in [4.69, 9.17) is 0 Å². The highest BCUT2D eigenvalue weighted by Gasteiger charge is 2.05. The molecule has 0 aromatic heterocycles. The average molecular weight is 303 g/mol. The van der Waals surface area contributed by atoms with Crippen molar-refractivity contribution in [1.29, 1.82) is 0 Å². The van der Waals surface area contributed by atoms with E-state index in [-0.39, 0.29) is 5.91 Å². The van der Waals surface area contributed by atoms with Gasteiger partial charge in [0.2, 0.25) is 0 Å². The molecular weight excluding hydrogens is 293 g/mol. The monoisotopic (exact) mass is 303 g/mol. The second-order valence-corrected chi connectivity index (χ2v) is 3.59. The van der Waals surface area contributed by atoms with Crippen LogP contribution < -0.4 is 5.32 Å². The molecule has 0 fully saturated rings. The van der Waals surface area contributed by atoms with E-state index in [9.17, 15) is 9.59 Å². The van der Waals surface area contributed by atoms with E-state index < -0.39 is 0 Å². The fraction of sp³-hybridized carbons (Fsp3) is 0.200. The molecule has 0 aliphatic heterocycles. The summed E-state index contributed by atoms with van der Waals surface area (Å²) in [4.78, 5) is 21.9. The number of benzene rings is 1. The molecule has 0 aliphatic carbocycles. The largest absolute Gasteiger partial charge is 0.343 e. The highest BCUT2D eigenvalue weighted by molar-refractivity contribution is 14.1. The molecule has 0 unspecified atom stereocenters. The van der Waals surface area contributed by atoms with Gasteiger partial charge in [-0.1, -0.05) is 28.7 Å². The molecule has 0 aliphatic rings. The number of rotatable bonds is 3. The SMILES string of the molecule is Cc1cc(C(=O)NCI)ccc1C=O. The Hall–Kier alpha value is -0.910. The van der Waals surface area contributed by atoms with Crippen LogP contribution >= 0.6 is 22.6 Å². The van der Waals surface area contributed by atoms with E-state index >= 15 is 0 Å². The van der Waals surface area contributed by atoms with Crippen molar-refractivity contribution in [2.45, 2.75) is 6.92 Å². The Morgan fingerprint density at radius 3 is 2.79 bits per heavy atom. The summed E-state index contributed by atoms with van der Waals surface area (Å²) < 4.78 is 0.574. The Morgan fingerprint density at radius 1 is 1.57 bits per heavy atom. The number of aryl methyl sites for hydroxylation is 1. The average Bonchev–Trinajstić information content (AvgIpc) is 2.18. The zero-order valence-corrected chi connectivity index (χ0v) is 9.87. The summed E-state index contributed by atoms with van der Waals surface area (Å²) in [6.45, 7) is 1.81. The highest BCUT2D eigenvalue weighted by Crippen LogP contribution is 2.09. The van der Waals surface area contributed by atoms with Crippen molar-refractivity contribution >= 4 is 34.8 Å². The second kappa shape index (κ2) is 5.09. The van der Waals surface area contributed by atoms with Crippen LogP contribution in [-0.2, 0) is 0 Å². The maximum absolute atomic E-state index is 11.4. The number of carbonyl (C=O) groups excluding carboxylic acids is 2. The molecular formula is C10H10INO2. The van der Waals surface area contributed by atoms with E-state index in [1.165, 1.54) is 0 Å². The van der Waals surface area contributed by atoms with Crippen LogP contribution in [0.1, 0.15) is 26.3 Å². The first kappa shape index (κ1) is 11.2. The molecule has 0 heterocycles. The molecule has 1 amide bonds. The molecule has 1 N–H and O–H groups in total. The van der Waals surface area contributed by atoms with Crippen LogP contribution in [0.3, 0.4) is 0 Å². The van der Waals surface area contributed by atoms with Crippen LogP contribution in [-0.4, -0.2) is 16.7 Å². The molecule has 3 nitrogen and oxygen atoms in total. The number of halogens is 1. The van der Waals surface area contributed by atoms with Crippen molar-refractivity contribution in [1.82, 2.24) is 5.32 Å². The molecule has 74 valence electrons. The van der Waals surface area contributed by atoms with Gasteiger partial charge < -0.3 is 5.32 Å². The van der Waals surface area contributed by atoms with Crippen molar-refractivity contribution in [2.75, 3.05) is 4.55 Å². The summed E-state index contributed by atoms with van der Waals surface area (Å²) >= 11 is 2.06. The van der Waals surface area contributed by atoms with E-state index in [0.29, 0.717) is 15.7 Å². The fourth-order valence-electron chi connectivity index (χ4n) is 1.11. The van der Waals surface area contributed by atoms with Gasteiger partial charge in [-0.05, 0) is 24.6 Å². The Bertz CT molecular complexity index is 363. The second-order valence-electron chi connectivity index (χ2n) is 2.83. The molecule has 1 aromatic carbocycles. The van der Waals surface area contributed by atoms with Crippen LogP contribution in [0.5, 0.6) is 0 Å². The standard InChI is InChI=1S/C10H10INO2/c1-7-4-8(10(14)12-6-11)2-3-9(7)5-13/h2-5H,6H2,1H3,(H,12,14). The predicted molar refractivity (Wildman–Crippen MR) is 62.9 cm³/mol. The number of amides is 1. The molecule has 4 heteroatoms. The van der Waals surface area contributed by atoms with Gasteiger partial charge in [0.15, 0.2) is 0 Å². The van der Waals surface area contributed by atoms with E-state index in [0.717, 1.165) is 11.8 Å². The summed E-state index contributed by atoms with van der Waals surface area (Å²) in [6.07, 6.45) is 0.787. The minimum absolute atomic E-state index is 0.111. The molecule has 14 heavy (non-hydrogen) atoms. The molecule has 0 radical (unpaired) electrons. The maximum Gasteiger partial charge on any atom is 0.251 e. The number of alkyl halides is 1. The molecule has 0 saturated heterocycles. The molecule has 0 atom stereocenters. The Balaban J connectivity index is 2.96. The summed E-state index contributed by atoms with van der Waals surface area (Å²) in [7, 11) is 0. The first-order valence-electron chi connectivity index (χ1n) is 4.09. The number of hydrogen-bond acceptors (Lipinski definition) is 2. The van der Waals surface area contributed by atoms with Crippen LogP contribution in [0.4, 0.5) is 0 Å². The lowest BCUT2D eigenvalue weighted by molar-refractivity contribution is 0.0961. The van der Waals surface area contributed by atoms with Crippen molar-refractivity contribution in [3.05, 3.63) is 34.9 Å². The third-order valence-corrected chi connectivity index (χ3v) is 2.27. The van der Waals surface area contributed by atoms with E-state index in [1.807, 2.05) is 6.92 Å². The summed E-state index contributed by atoms with van der Waals surface area (Å²) in [6, 6.07) is 5.02. The van der Waals surface area contributed by atoms with Crippen molar-refractivity contribution < 1.29 is 9.59 Å². The lowest BCUT2D eigenvalue weighted by atomic mass is 10.1. The number of nitrogens with one attached hydrogen (secondary N) is 1.